The Morgan fingerprint density at radius 2 is 1.84 bits per heavy atom. The molecule has 3 rings (SSSR count). The Hall–Kier alpha value is -2.66. The van der Waals surface area contributed by atoms with E-state index < -0.39 is 5.97 Å². The van der Waals surface area contributed by atoms with Gasteiger partial charge in [-0.25, -0.2) is 4.98 Å². The average Bonchev–Trinajstić information content (AvgIpc) is 3.02. The Balaban J connectivity index is 1.96. The van der Waals surface area contributed by atoms with E-state index in [1.165, 1.54) is 0 Å². The normalized spacial score (nSPS) is 11.7. The number of thiazole rings is 1. The van der Waals surface area contributed by atoms with Gasteiger partial charge in [0.2, 0.25) is 0 Å². The molecule has 128 valence electrons. The van der Waals surface area contributed by atoms with Crippen molar-refractivity contribution in [3.8, 4) is 0 Å². The molecule has 1 aromatic heterocycles. The first kappa shape index (κ1) is 17.2. The number of anilines is 1. The monoisotopic (exact) mass is 352 g/mol. The summed E-state index contributed by atoms with van der Waals surface area (Å²) >= 11 is 1.60. The third kappa shape index (κ3) is 4.25. The van der Waals surface area contributed by atoms with Gasteiger partial charge in [0.1, 0.15) is 5.01 Å². The van der Waals surface area contributed by atoms with Gasteiger partial charge in [-0.05, 0) is 47.9 Å². The summed E-state index contributed by atoms with van der Waals surface area (Å²) in [5.74, 6) is -0.796. The first-order chi connectivity index (χ1) is 12.0. The van der Waals surface area contributed by atoms with Gasteiger partial charge < -0.3 is 10.0 Å². The van der Waals surface area contributed by atoms with E-state index in [1.807, 2.05) is 61.5 Å². The van der Waals surface area contributed by atoms with Crippen LogP contribution in [0.2, 0.25) is 0 Å². The molecule has 0 atom stereocenters. The lowest BCUT2D eigenvalue weighted by atomic mass is 10.1. The quantitative estimate of drug-likeness (QED) is 0.694. The molecule has 1 N–H and O–H groups in total. The summed E-state index contributed by atoms with van der Waals surface area (Å²) in [5, 5.41) is 9.95. The Morgan fingerprint density at radius 1 is 1.12 bits per heavy atom. The van der Waals surface area contributed by atoms with Crippen molar-refractivity contribution in [3.63, 3.8) is 0 Å². The zero-order valence-electron chi connectivity index (χ0n) is 14.3. The largest absolute Gasteiger partial charge is 0.481 e. The maximum Gasteiger partial charge on any atom is 0.303 e. The van der Waals surface area contributed by atoms with Crippen LogP contribution >= 0.6 is 11.3 Å². The fourth-order valence-corrected chi connectivity index (χ4v) is 3.57. The molecule has 0 fully saturated rings. The number of hydrogen-bond acceptors (Lipinski definition) is 4. The molecule has 25 heavy (non-hydrogen) atoms. The molecule has 4 nitrogen and oxygen atoms in total. The number of carboxylic acids is 1. The first-order valence-electron chi connectivity index (χ1n) is 8.08. The molecular formula is C20H20N2O2S. The van der Waals surface area contributed by atoms with E-state index in [0.717, 1.165) is 32.0 Å². The van der Waals surface area contributed by atoms with E-state index in [1.54, 1.807) is 11.3 Å². The third-order valence-electron chi connectivity index (χ3n) is 3.93. The summed E-state index contributed by atoms with van der Waals surface area (Å²) in [5.41, 5.74) is 4.09. The zero-order valence-corrected chi connectivity index (χ0v) is 15.1. The molecule has 0 saturated heterocycles. The first-order valence-corrected chi connectivity index (χ1v) is 8.90. The topological polar surface area (TPSA) is 53.4 Å². The van der Waals surface area contributed by atoms with Crippen molar-refractivity contribution < 1.29 is 9.90 Å². The van der Waals surface area contributed by atoms with Crippen molar-refractivity contribution in [2.45, 2.75) is 12.8 Å². The number of aliphatic carboxylic acids is 1. The van der Waals surface area contributed by atoms with Crippen molar-refractivity contribution in [1.82, 2.24) is 4.98 Å². The zero-order chi connectivity index (χ0) is 17.8. The van der Waals surface area contributed by atoms with Crippen molar-refractivity contribution >= 4 is 44.9 Å². The van der Waals surface area contributed by atoms with Gasteiger partial charge in [0.15, 0.2) is 0 Å². The molecule has 0 bridgehead atoms. The van der Waals surface area contributed by atoms with Gasteiger partial charge in [0, 0.05) is 26.2 Å². The number of benzene rings is 2. The summed E-state index contributed by atoms with van der Waals surface area (Å²) < 4.78 is 1.11. The van der Waals surface area contributed by atoms with Gasteiger partial charge in [0.05, 0.1) is 10.2 Å². The highest BCUT2D eigenvalue weighted by Crippen LogP contribution is 2.31. The lowest BCUT2D eigenvalue weighted by molar-refractivity contribution is -0.136. The predicted molar refractivity (Wildman–Crippen MR) is 105 cm³/mol. The van der Waals surface area contributed by atoms with E-state index in [2.05, 4.69) is 17.1 Å². The fraction of sp³-hybridized carbons (Fsp3) is 0.200. The van der Waals surface area contributed by atoms with Crippen LogP contribution in [0.25, 0.3) is 21.9 Å². The molecular weight excluding hydrogens is 332 g/mol. The van der Waals surface area contributed by atoms with Crippen molar-refractivity contribution in [2.24, 2.45) is 0 Å². The second-order valence-electron chi connectivity index (χ2n) is 6.04. The maximum atomic E-state index is 11.0. The second-order valence-corrected chi connectivity index (χ2v) is 7.07. The molecule has 2 aromatic carbocycles. The minimum Gasteiger partial charge on any atom is -0.481 e. The Morgan fingerprint density at radius 3 is 2.48 bits per heavy atom. The molecule has 0 saturated carbocycles. The fourth-order valence-electron chi connectivity index (χ4n) is 2.56. The van der Waals surface area contributed by atoms with Crippen LogP contribution in [-0.4, -0.2) is 30.2 Å². The predicted octanol–water partition coefficient (Wildman–Crippen LogP) is 4.77. The molecule has 0 amide bonds. The van der Waals surface area contributed by atoms with Crippen LogP contribution in [0.4, 0.5) is 5.69 Å². The van der Waals surface area contributed by atoms with Gasteiger partial charge in [-0.3, -0.25) is 4.79 Å². The molecule has 0 aliphatic rings. The van der Waals surface area contributed by atoms with Crippen LogP contribution in [0.3, 0.4) is 0 Å². The van der Waals surface area contributed by atoms with E-state index in [9.17, 15) is 4.79 Å². The molecule has 3 aromatic rings. The highest BCUT2D eigenvalue weighted by molar-refractivity contribution is 7.19. The smallest absolute Gasteiger partial charge is 0.303 e. The molecule has 0 unspecified atom stereocenters. The molecule has 0 spiro atoms. The maximum absolute atomic E-state index is 11.0. The summed E-state index contributed by atoms with van der Waals surface area (Å²) in [7, 11) is 4.01. The second kappa shape index (κ2) is 7.49. The van der Waals surface area contributed by atoms with Crippen molar-refractivity contribution in [3.05, 3.63) is 59.1 Å². The van der Waals surface area contributed by atoms with Gasteiger partial charge in [-0.2, -0.15) is 0 Å². The van der Waals surface area contributed by atoms with Gasteiger partial charge >= 0.3 is 5.97 Å². The van der Waals surface area contributed by atoms with E-state index in [0.29, 0.717) is 6.42 Å². The van der Waals surface area contributed by atoms with E-state index >= 15 is 0 Å². The molecule has 0 aliphatic heterocycles. The van der Waals surface area contributed by atoms with Crippen LogP contribution < -0.4 is 4.90 Å². The minimum atomic E-state index is -0.796. The number of carbonyl (C=O) groups is 1. The number of rotatable bonds is 6. The number of carboxylic acid groups (broad SMARTS) is 1. The average molecular weight is 352 g/mol. The van der Waals surface area contributed by atoms with Gasteiger partial charge in [0.25, 0.3) is 0 Å². The summed E-state index contributed by atoms with van der Waals surface area (Å²) in [6.45, 7) is 0. The number of allylic oxidation sites excluding steroid dienone is 1. The Kier molecular flexibility index (Phi) is 5.14. The van der Waals surface area contributed by atoms with Crippen molar-refractivity contribution in [2.75, 3.05) is 19.0 Å². The third-order valence-corrected chi connectivity index (χ3v) is 5.04. The summed E-state index contributed by atoms with van der Waals surface area (Å²) in [4.78, 5) is 17.8. The van der Waals surface area contributed by atoms with Gasteiger partial charge in [-0.15, -0.1) is 11.3 Å². The standard InChI is InChI=1S/C20H20N2O2S/c1-22(2)16-10-7-14(8-11-16)13-15(9-12-19(23)24)20-21-17-5-3-4-6-18(17)25-20/h3-8,10-11,13H,9,12H2,1-2H3,(H,23,24)/b15-13+. The molecule has 1 heterocycles. The molecule has 0 aliphatic carbocycles. The molecule has 0 radical (unpaired) electrons. The number of nitrogens with zero attached hydrogens (tertiary/aromatic N) is 2. The number of para-hydroxylation sites is 1. The lowest BCUT2D eigenvalue weighted by Crippen LogP contribution is -2.07. The Labute approximate surface area is 151 Å². The SMILES string of the molecule is CN(C)c1ccc(/C=C(\CCC(=O)O)c2nc3ccccc3s2)cc1. The Bertz CT molecular complexity index is 878. The lowest BCUT2D eigenvalue weighted by Gasteiger charge is -2.12. The minimum absolute atomic E-state index is 0.0948. The van der Waals surface area contributed by atoms with Crippen LogP contribution in [0.15, 0.2) is 48.5 Å². The molecule has 5 heteroatoms. The van der Waals surface area contributed by atoms with Crippen LogP contribution in [-0.2, 0) is 4.79 Å². The van der Waals surface area contributed by atoms with Crippen LogP contribution in [0.5, 0.6) is 0 Å². The van der Waals surface area contributed by atoms with Gasteiger partial charge in [-0.1, -0.05) is 24.3 Å². The van der Waals surface area contributed by atoms with E-state index in [4.69, 9.17) is 5.11 Å². The van der Waals surface area contributed by atoms with Crippen molar-refractivity contribution in [1.29, 1.82) is 0 Å². The number of fused-ring (bicyclic) bond motifs is 1. The number of aromatic nitrogens is 1. The summed E-state index contributed by atoms with van der Waals surface area (Å²) in [6.07, 6.45) is 2.60. The highest BCUT2D eigenvalue weighted by atomic mass is 32.1. The number of hydrogen-bond donors (Lipinski definition) is 1. The van der Waals surface area contributed by atoms with Crippen LogP contribution in [0, 0.1) is 0 Å². The van der Waals surface area contributed by atoms with Crippen LogP contribution in [0.1, 0.15) is 23.4 Å². The summed E-state index contributed by atoms with van der Waals surface area (Å²) in [6, 6.07) is 16.2. The van der Waals surface area contributed by atoms with E-state index in [-0.39, 0.29) is 6.42 Å². The highest BCUT2D eigenvalue weighted by Gasteiger charge is 2.11.